The minimum Gasteiger partial charge on any atom is -0.356 e. The average Bonchev–Trinajstić information content (AvgIpc) is 2.53. The van der Waals surface area contributed by atoms with Crippen molar-refractivity contribution < 1.29 is 4.79 Å². The molecule has 0 bridgehead atoms. The molecular formula is C10H21N3O. The van der Waals surface area contributed by atoms with Gasteiger partial charge in [-0.3, -0.25) is 4.79 Å². The maximum atomic E-state index is 10.6. The predicted molar refractivity (Wildman–Crippen MR) is 56.9 cm³/mol. The van der Waals surface area contributed by atoms with Crippen LogP contribution >= 0.6 is 0 Å². The topological polar surface area (TPSA) is 58.4 Å². The number of nitrogens with one attached hydrogen (secondary N) is 1. The van der Waals surface area contributed by atoms with Gasteiger partial charge in [-0.25, -0.2) is 0 Å². The number of hydrogen-bond donors (Lipinski definition) is 2. The van der Waals surface area contributed by atoms with Crippen LogP contribution in [0.4, 0.5) is 0 Å². The molecule has 0 aromatic rings. The second-order valence-corrected chi connectivity index (χ2v) is 4.02. The molecule has 0 spiro atoms. The van der Waals surface area contributed by atoms with Crippen molar-refractivity contribution in [2.24, 2.45) is 11.7 Å². The van der Waals surface area contributed by atoms with Crippen molar-refractivity contribution >= 4 is 5.91 Å². The Bertz CT molecular complexity index is 184. The standard InChI is InChI=1S/C10H21N3O/c1-9(14)12-5-2-10-3-6-13(8-10)7-4-11/h10H,2-8,11H2,1H3,(H,12,14). The van der Waals surface area contributed by atoms with Crippen molar-refractivity contribution in [1.82, 2.24) is 10.2 Å². The highest BCUT2D eigenvalue weighted by Crippen LogP contribution is 2.18. The van der Waals surface area contributed by atoms with Crippen LogP contribution in [0.3, 0.4) is 0 Å². The Labute approximate surface area is 85.8 Å². The van der Waals surface area contributed by atoms with Crippen LogP contribution in [0.2, 0.25) is 0 Å². The van der Waals surface area contributed by atoms with Crippen LogP contribution in [-0.4, -0.2) is 43.5 Å². The number of rotatable bonds is 5. The zero-order valence-electron chi connectivity index (χ0n) is 8.96. The first-order valence-electron chi connectivity index (χ1n) is 5.39. The van der Waals surface area contributed by atoms with Gasteiger partial charge in [0.1, 0.15) is 0 Å². The van der Waals surface area contributed by atoms with Crippen LogP contribution < -0.4 is 11.1 Å². The molecule has 0 radical (unpaired) electrons. The Morgan fingerprint density at radius 3 is 3.07 bits per heavy atom. The summed E-state index contributed by atoms with van der Waals surface area (Å²) in [6.07, 6.45) is 2.35. The number of nitrogens with two attached hydrogens (primary N) is 1. The van der Waals surface area contributed by atoms with Crippen molar-refractivity contribution in [1.29, 1.82) is 0 Å². The molecular weight excluding hydrogens is 178 g/mol. The molecule has 1 aliphatic rings. The molecule has 82 valence electrons. The van der Waals surface area contributed by atoms with Gasteiger partial charge in [0.05, 0.1) is 0 Å². The van der Waals surface area contributed by atoms with E-state index >= 15 is 0 Å². The molecule has 0 aromatic carbocycles. The SMILES string of the molecule is CC(=O)NCCC1CCN(CCN)C1. The van der Waals surface area contributed by atoms with Crippen LogP contribution in [0.5, 0.6) is 0 Å². The summed E-state index contributed by atoms with van der Waals surface area (Å²) in [5.74, 6) is 0.815. The van der Waals surface area contributed by atoms with E-state index in [9.17, 15) is 4.79 Å². The van der Waals surface area contributed by atoms with Crippen molar-refractivity contribution in [3.05, 3.63) is 0 Å². The van der Waals surface area contributed by atoms with Crippen LogP contribution in [0, 0.1) is 5.92 Å². The molecule has 0 aliphatic carbocycles. The quantitative estimate of drug-likeness (QED) is 0.644. The molecule has 0 saturated carbocycles. The molecule has 1 aliphatic heterocycles. The largest absolute Gasteiger partial charge is 0.356 e. The van der Waals surface area contributed by atoms with Crippen LogP contribution in [0.1, 0.15) is 19.8 Å². The van der Waals surface area contributed by atoms with Crippen molar-refractivity contribution in [2.45, 2.75) is 19.8 Å². The highest BCUT2D eigenvalue weighted by Gasteiger charge is 2.20. The summed E-state index contributed by atoms with van der Waals surface area (Å²) in [6, 6.07) is 0. The Morgan fingerprint density at radius 2 is 2.43 bits per heavy atom. The van der Waals surface area contributed by atoms with Gasteiger partial charge in [-0.15, -0.1) is 0 Å². The fraction of sp³-hybridized carbons (Fsp3) is 0.900. The van der Waals surface area contributed by atoms with E-state index in [1.807, 2.05) is 0 Å². The maximum Gasteiger partial charge on any atom is 0.216 e. The molecule has 1 heterocycles. The number of hydrogen-bond acceptors (Lipinski definition) is 3. The fourth-order valence-electron chi connectivity index (χ4n) is 1.99. The lowest BCUT2D eigenvalue weighted by atomic mass is 10.1. The molecule has 0 aromatic heterocycles. The van der Waals surface area contributed by atoms with Gasteiger partial charge in [-0.2, -0.15) is 0 Å². The van der Waals surface area contributed by atoms with Gasteiger partial charge in [0, 0.05) is 33.1 Å². The van der Waals surface area contributed by atoms with Gasteiger partial charge in [0.2, 0.25) is 5.91 Å². The zero-order valence-corrected chi connectivity index (χ0v) is 8.96. The highest BCUT2D eigenvalue weighted by atomic mass is 16.1. The second-order valence-electron chi connectivity index (χ2n) is 4.02. The van der Waals surface area contributed by atoms with Crippen LogP contribution in [-0.2, 0) is 4.79 Å². The molecule has 3 N–H and O–H groups in total. The van der Waals surface area contributed by atoms with E-state index in [2.05, 4.69) is 10.2 Å². The van der Waals surface area contributed by atoms with Crippen LogP contribution in [0.25, 0.3) is 0 Å². The van der Waals surface area contributed by atoms with E-state index < -0.39 is 0 Å². The van der Waals surface area contributed by atoms with E-state index in [-0.39, 0.29) is 5.91 Å². The summed E-state index contributed by atoms with van der Waals surface area (Å²) >= 11 is 0. The van der Waals surface area contributed by atoms with Gasteiger partial charge < -0.3 is 16.0 Å². The molecule has 14 heavy (non-hydrogen) atoms. The van der Waals surface area contributed by atoms with Gasteiger partial charge in [-0.05, 0) is 25.3 Å². The van der Waals surface area contributed by atoms with Crippen molar-refractivity contribution in [2.75, 3.05) is 32.7 Å². The number of nitrogens with zero attached hydrogens (tertiary/aromatic N) is 1. The first kappa shape index (κ1) is 11.5. The monoisotopic (exact) mass is 199 g/mol. The lowest BCUT2D eigenvalue weighted by molar-refractivity contribution is -0.118. The number of amides is 1. The van der Waals surface area contributed by atoms with E-state index in [1.54, 1.807) is 6.92 Å². The first-order chi connectivity index (χ1) is 6.72. The summed E-state index contributed by atoms with van der Waals surface area (Å²) in [5.41, 5.74) is 5.49. The Hall–Kier alpha value is -0.610. The third kappa shape index (κ3) is 4.07. The van der Waals surface area contributed by atoms with E-state index in [1.165, 1.54) is 13.0 Å². The minimum absolute atomic E-state index is 0.0711. The van der Waals surface area contributed by atoms with Crippen molar-refractivity contribution in [3.63, 3.8) is 0 Å². The van der Waals surface area contributed by atoms with Gasteiger partial charge >= 0.3 is 0 Å². The third-order valence-corrected chi connectivity index (χ3v) is 2.74. The molecule has 1 rings (SSSR count). The summed E-state index contributed by atoms with van der Waals surface area (Å²) in [7, 11) is 0. The van der Waals surface area contributed by atoms with Gasteiger partial charge in [-0.1, -0.05) is 0 Å². The van der Waals surface area contributed by atoms with Gasteiger partial charge in [0.25, 0.3) is 0 Å². The fourth-order valence-corrected chi connectivity index (χ4v) is 1.99. The van der Waals surface area contributed by atoms with E-state index in [4.69, 9.17) is 5.73 Å². The van der Waals surface area contributed by atoms with Crippen LogP contribution in [0.15, 0.2) is 0 Å². The maximum absolute atomic E-state index is 10.6. The average molecular weight is 199 g/mol. The zero-order chi connectivity index (χ0) is 10.4. The predicted octanol–water partition coefficient (Wildman–Crippen LogP) is -0.207. The minimum atomic E-state index is 0.0711. The Kier molecular flexibility index (Phi) is 4.90. The highest BCUT2D eigenvalue weighted by molar-refractivity contribution is 5.72. The summed E-state index contributed by atoms with van der Waals surface area (Å²) in [4.78, 5) is 13.0. The molecule has 1 saturated heterocycles. The van der Waals surface area contributed by atoms with E-state index in [0.29, 0.717) is 0 Å². The van der Waals surface area contributed by atoms with Crippen molar-refractivity contribution in [3.8, 4) is 0 Å². The molecule has 1 unspecified atom stereocenters. The first-order valence-corrected chi connectivity index (χ1v) is 5.39. The summed E-state index contributed by atoms with van der Waals surface area (Å²) in [6.45, 7) is 6.46. The van der Waals surface area contributed by atoms with E-state index in [0.717, 1.165) is 38.5 Å². The molecule has 1 amide bonds. The summed E-state index contributed by atoms with van der Waals surface area (Å²) in [5, 5.41) is 2.84. The lowest BCUT2D eigenvalue weighted by Gasteiger charge is -2.14. The second kappa shape index (κ2) is 5.98. The Balaban J connectivity index is 2.07. The number of carbonyl (C=O) groups is 1. The lowest BCUT2D eigenvalue weighted by Crippen LogP contribution is -2.28. The van der Waals surface area contributed by atoms with Gasteiger partial charge in [0.15, 0.2) is 0 Å². The smallest absolute Gasteiger partial charge is 0.216 e. The Morgan fingerprint density at radius 1 is 1.64 bits per heavy atom. The molecule has 1 fully saturated rings. The number of carbonyl (C=O) groups excluding carboxylic acids is 1. The molecule has 4 heteroatoms. The molecule has 1 atom stereocenters. The summed E-state index contributed by atoms with van der Waals surface area (Å²) < 4.78 is 0. The normalized spacial score (nSPS) is 22.6. The molecule has 4 nitrogen and oxygen atoms in total. The third-order valence-electron chi connectivity index (χ3n) is 2.74. The number of likely N-dealkylation sites (tertiary alicyclic amines) is 1.